The third kappa shape index (κ3) is 4.73. The monoisotopic (exact) mass is 287 g/mol. The van der Waals surface area contributed by atoms with Crippen LogP contribution in [0.4, 0.5) is 0 Å². The summed E-state index contributed by atoms with van der Waals surface area (Å²) in [6, 6.07) is 7.74. The maximum absolute atomic E-state index is 8.97. The minimum Gasteiger partial charge on any atom is -0.496 e. The lowest BCUT2D eigenvalue weighted by Crippen LogP contribution is -2.31. The van der Waals surface area contributed by atoms with Crippen molar-refractivity contribution in [1.29, 1.82) is 5.26 Å². The molecule has 0 atom stereocenters. The molecule has 1 heterocycles. The Kier molecular flexibility index (Phi) is 6.04. The first-order valence-corrected chi connectivity index (χ1v) is 7.69. The fraction of sp³-hybridized carbons (Fsp3) is 0.588. The summed E-state index contributed by atoms with van der Waals surface area (Å²) in [6.45, 7) is 4.23. The van der Waals surface area contributed by atoms with Crippen LogP contribution in [-0.2, 0) is 6.54 Å². The van der Waals surface area contributed by atoms with E-state index in [1.165, 1.54) is 32.4 Å². The predicted molar refractivity (Wildman–Crippen MR) is 84.3 cm³/mol. The largest absolute Gasteiger partial charge is 0.496 e. The number of likely N-dealkylation sites (tertiary alicyclic amines) is 1. The molecule has 1 aliphatic heterocycles. The highest BCUT2D eigenvalue weighted by Crippen LogP contribution is 2.21. The number of hydrogen-bond donors (Lipinski definition) is 1. The van der Waals surface area contributed by atoms with Gasteiger partial charge in [0.1, 0.15) is 5.75 Å². The molecular formula is C17H25N3O. The zero-order chi connectivity index (χ0) is 15.1. The van der Waals surface area contributed by atoms with Gasteiger partial charge in [0, 0.05) is 12.1 Å². The van der Waals surface area contributed by atoms with E-state index in [2.05, 4.69) is 23.3 Å². The number of ether oxygens (including phenoxy) is 1. The highest BCUT2D eigenvalue weighted by atomic mass is 16.5. The van der Waals surface area contributed by atoms with Crippen LogP contribution in [0.2, 0.25) is 0 Å². The molecular weight excluding hydrogens is 262 g/mol. The van der Waals surface area contributed by atoms with Crippen LogP contribution in [0.1, 0.15) is 30.4 Å². The van der Waals surface area contributed by atoms with Crippen molar-refractivity contribution in [1.82, 2.24) is 10.2 Å². The molecule has 0 saturated carbocycles. The lowest BCUT2D eigenvalue weighted by molar-refractivity contribution is 0.211. The molecule has 2 rings (SSSR count). The highest BCUT2D eigenvalue weighted by Gasteiger charge is 2.15. The number of nitrogens with one attached hydrogen (secondary N) is 1. The van der Waals surface area contributed by atoms with E-state index in [9.17, 15) is 0 Å². The third-order valence-electron chi connectivity index (χ3n) is 4.29. The number of benzene rings is 1. The average Bonchev–Trinajstić information content (AvgIpc) is 2.53. The summed E-state index contributed by atoms with van der Waals surface area (Å²) in [6.07, 6.45) is 3.85. The Morgan fingerprint density at radius 1 is 1.38 bits per heavy atom. The predicted octanol–water partition coefficient (Wildman–Crippen LogP) is 2.39. The minimum absolute atomic E-state index is 0.683. The molecule has 0 radical (unpaired) electrons. The number of piperidine rings is 1. The van der Waals surface area contributed by atoms with Crippen LogP contribution in [0, 0.1) is 17.2 Å². The SMILES string of the molecule is COc1ccc(C#N)cc1CNCCC1CCN(C)CC1. The molecule has 4 nitrogen and oxygen atoms in total. The zero-order valence-electron chi connectivity index (χ0n) is 13.1. The molecule has 0 amide bonds. The van der Waals surface area contributed by atoms with E-state index < -0.39 is 0 Å². The third-order valence-corrected chi connectivity index (χ3v) is 4.29. The van der Waals surface area contributed by atoms with Gasteiger partial charge in [-0.15, -0.1) is 0 Å². The first kappa shape index (κ1) is 15.8. The Balaban J connectivity index is 1.77. The van der Waals surface area contributed by atoms with Crippen LogP contribution >= 0.6 is 0 Å². The highest BCUT2D eigenvalue weighted by molar-refractivity contribution is 5.41. The van der Waals surface area contributed by atoms with Gasteiger partial charge in [-0.3, -0.25) is 0 Å². The maximum atomic E-state index is 8.97. The fourth-order valence-corrected chi connectivity index (χ4v) is 2.87. The summed E-state index contributed by atoms with van der Waals surface area (Å²) in [5.41, 5.74) is 1.74. The molecule has 1 aliphatic rings. The van der Waals surface area contributed by atoms with Gasteiger partial charge in [-0.05, 0) is 70.1 Å². The van der Waals surface area contributed by atoms with Crippen molar-refractivity contribution in [2.24, 2.45) is 5.92 Å². The summed E-state index contributed by atoms with van der Waals surface area (Å²) in [7, 11) is 3.87. The van der Waals surface area contributed by atoms with Crippen LogP contribution in [0.25, 0.3) is 0 Å². The number of nitrogens with zero attached hydrogens (tertiary/aromatic N) is 2. The molecule has 4 heteroatoms. The van der Waals surface area contributed by atoms with Gasteiger partial charge in [0.05, 0.1) is 18.7 Å². The Bertz CT molecular complexity index is 487. The number of nitriles is 1. The van der Waals surface area contributed by atoms with E-state index >= 15 is 0 Å². The minimum atomic E-state index is 0.683. The van der Waals surface area contributed by atoms with E-state index in [1.807, 2.05) is 12.1 Å². The van der Waals surface area contributed by atoms with Crippen LogP contribution in [0.15, 0.2) is 18.2 Å². The molecule has 0 bridgehead atoms. The lowest BCUT2D eigenvalue weighted by Gasteiger charge is -2.28. The summed E-state index contributed by atoms with van der Waals surface area (Å²) in [5, 5.41) is 12.5. The van der Waals surface area contributed by atoms with Gasteiger partial charge in [-0.2, -0.15) is 5.26 Å². The summed E-state index contributed by atoms with van der Waals surface area (Å²) in [5.74, 6) is 1.70. The van der Waals surface area contributed by atoms with Crippen LogP contribution in [0.5, 0.6) is 5.75 Å². The van der Waals surface area contributed by atoms with Crippen molar-refractivity contribution in [2.75, 3.05) is 33.8 Å². The lowest BCUT2D eigenvalue weighted by atomic mass is 9.94. The summed E-state index contributed by atoms with van der Waals surface area (Å²) >= 11 is 0. The average molecular weight is 287 g/mol. The van der Waals surface area contributed by atoms with E-state index in [4.69, 9.17) is 10.00 Å². The maximum Gasteiger partial charge on any atom is 0.123 e. The van der Waals surface area contributed by atoms with Gasteiger partial charge in [0.15, 0.2) is 0 Å². The second-order valence-electron chi connectivity index (χ2n) is 5.85. The van der Waals surface area contributed by atoms with Crippen molar-refractivity contribution in [3.63, 3.8) is 0 Å². The van der Waals surface area contributed by atoms with Crippen molar-refractivity contribution >= 4 is 0 Å². The smallest absolute Gasteiger partial charge is 0.123 e. The van der Waals surface area contributed by atoms with Crippen molar-refractivity contribution in [3.05, 3.63) is 29.3 Å². The quantitative estimate of drug-likeness (QED) is 0.816. The first-order chi connectivity index (χ1) is 10.2. The number of methoxy groups -OCH3 is 1. The second kappa shape index (κ2) is 8.02. The van der Waals surface area contributed by atoms with Gasteiger partial charge in [0.2, 0.25) is 0 Å². The van der Waals surface area contributed by atoms with E-state index in [1.54, 1.807) is 13.2 Å². The summed E-state index contributed by atoms with van der Waals surface area (Å²) in [4.78, 5) is 2.40. The van der Waals surface area contributed by atoms with Gasteiger partial charge in [-0.1, -0.05) is 0 Å². The zero-order valence-corrected chi connectivity index (χ0v) is 13.1. The fourth-order valence-electron chi connectivity index (χ4n) is 2.87. The van der Waals surface area contributed by atoms with E-state index in [0.717, 1.165) is 30.3 Å². The molecule has 114 valence electrons. The molecule has 1 aromatic carbocycles. The van der Waals surface area contributed by atoms with E-state index in [0.29, 0.717) is 5.56 Å². The Labute approximate surface area is 127 Å². The van der Waals surface area contributed by atoms with Crippen molar-refractivity contribution < 1.29 is 4.74 Å². The number of rotatable bonds is 6. The van der Waals surface area contributed by atoms with Crippen molar-refractivity contribution in [3.8, 4) is 11.8 Å². The normalized spacial score (nSPS) is 16.6. The molecule has 1 fully saturated rings. The molecule has 21 heavy (non-hydrogen) atoms. The van der Waals surface area contributed by atoms with Crippen LogP contribution in [-0.4, -0.2) is 38.7 Å². The van der Waals surface area contributed by atoms with Gasteiger partial charge in [0.25, 0.3) is 0 Å². The number of hydrogen-bond acceptors (Lipinski definition) is 4. The standard InChI is InChI=1S/C17H25N3O/c1-20-9-6-14(7-10-20)5-8-19-13-16-11-15(12-18)3-4-17(16)21-2/h3-4,11,14,19H,5-10,13H2,1-2H3. The van der Waals surface area contributed by atoms with Crippen LogP contribution < -0.4 is 10.1 Å². The first-order valence-electron chi connectivity index (χ1n) is 7.69. The molecule has 0 aromatic heterocycles. The molecule has 0 spiro atoms. The Hall–Kier alpha value is -1.57. The second-order valence-corrected chi connectivity index (χ2v) is 5.85. The van der Waals surface area contributed by atoms with Crippen molar-refractivity contribution in [2.45, 2.75) is 25.8 Å². The topological polar surface area (TPSA) is 48.3 Å². The molecule has 1 saturated heterocycles. The van der Waals surface area contributed by atoms with Gasteiger partial charge in [-0.25, -0.2) is 0 Å². The van der Waals surface area contributed by atoms with Gasteiger partial charge >= 0.3 is 0 Å². The Morgan fingerprint density at radius 3 is 2.81 bits per heavy atom. The van der Waals surface area contributed by atoms with E-state index in [-0.39, 0.29) is 0 Å². The molecule has 1 aromatic rings. The summed E-state index contributed by atoms with van der Waals surface area (Å²) < 4.78 is 5.35. The molecule has 0 unspecified atom stereocenters. The van der Waals surface area contributed by atoms with Crippen LogP contribution in [0.3, 0.4) is 0 Å². The van der Waals surface area contributed by atoms with Gasteiger partial charge < -0.3 is 15.0 Å². The molecule has 0 aliphatic carbocycles. The molecule has 1 N–H and O–H groups in total. The Morgan fingerprint density at radius 2 is 2.14 bits per heavy atom.